The van der Waals surface area contributed by atoms with Crippen LogP contribution in [-0.4, -0.2) is 16.9 Å². The fourth-order valence-electron chi connectivity index (χ4n) is 4.04. The summed E-state index contributed by atoms with van der Waals surface area (Å²) in [5.74, 6) is -1.28. The van der Waals surface area contributed by atoms with Crippen molar-refractivity contribution >= 4 is 84.9 Å². The van der Waals surface area contributed by atoms with E-state index in [0.29, 0.717) is 10.4 Å². The van der Waals surface area contributed by atoms with Gasteiger partial charge in [0.1, 0.15) is 21.9 Å². The molecule has 0 atom stereocenters. The van der Waals surface area contributed by atoms with Crippen molar-refractivity contribution in [1.82, 2.24) is 0 Å². The van der Waals surface area contributed by atoms with Gasteiger partial charge in [-0.1, -0.05) is 24.3 Å². The molecule has 226 valence electrons. The molecule has 0 saturated carbocycles. The molecule has 1 N–H and O–H groups in total. The van der Waals surface area contributed by atoms with Crippen molar-refractivity contribution in [2.75, 3.05) is 0 Å². The molecule has 0 radical (unpaired) electrons. The minimum Gasteiger partial charge on any atom is -0.478 e. The van der Waals surface area contributed by atoms with Gasteiger partial charge in [-0.05, 0) is 149 Å². The second-order valence-electron chi connectivity index (χ2n) is 9.65. The Balaban J connectivity index is 0.000000169. The largest absolute Gasteiger partial charge is 0.478 e. The average Bonchev–Trinajstić information content (AvgIpc) is 3.74. The van der Waals surface area contributed by atoms with Crippen LogP contribution in [0.4, 0.5) is 8.78 Å². The Morgan fingerprint density at radius 1 is 0.711 bits per heavy atom. The lowest BCUT2D eigenvalue weighted by Crippen LogP contribution is -2.01. The SMILES string of the molecule is Cc1ccc(I)cc1C(=O)O.Cc1ccc(I)cc1C(=O)c1ccc(-c2ccc(F)cc2)s1.Fc1ccc(C2=CC=[C+]S2)cc1. The van der Waals surface area contributed by atoms with Crippen LogP contribution in [-0.2, 0) is 0 Å². The highest BCUT2D eigenvalue weighted by Crippen LogP contribution is 2.32. The maximum atomic E-state index is 13.0. The summed E-state index contributed by atoms with van der Waals surface area (Å²) in [6.07, 6.45) is 3.83. The topological polar surface area (TPSA) is 54.4 Å². The predicted molar refractivity (Wildman–Crippen MR) is 198 cm³/mol. The van der Waals surface area contributed by atoms with Crippen LogP contribution in [0.5, 0.6) is 0 Å². The molecule has 6 rings (SSSR count). The molecule has 2 heterocycles. The number of hydrogen-bond acceptors (Lipinski definition) is 4. The first kappa shape index (κ1) is 34.6. The third kappa shape index (κ3) is 9.88. The summed E-state index contributed by atoms with van der Waals surface area (Å²) in [7, 11) is 0. The van der Waals surface area contributed by atoms with Crippen molar-refractivity contribution in [2.45, 2.75) is 13.8 Å². The Kier molecular flexibility index (Phi) is 12.6. The number of halogens is 4. The number of carbonyl (C=O) groups excluding carboxylic acids is 1. The van der Waals surface area contributed by atoms with Crippen LogP contribution >= 0.6 is 68.3 Å². The molecule has 0 fully saturated rings. The predicted octanol–water partition coefficient (Wildman–Crippen LogP) is 11.2. The lowest BCUT2D eigenvalue weighted by molar-refractivity contribution is 0.0695. The number of thioether (sulfide) groups is 1. The lowest BCUT2D eigenvalue weighted by atomic mass is 10.0. The van der Waals surface area contributed by atoms with Gasteiger partial charge >= 0.3 is 5.97 Å². The summed E-state index contributed by atoms with van der Waals surface area (Å²) in [5.41, 5.74) is 4.86. The summed E-state index contributed by atoms with van der Waals surface area (Å²) in [4.78, 5) is 26.0. The molecule has 0 unspecified atom stereocenters. The van der Waals surface area contributed by atoms with E-state index in [1.807, 2.05) is 61.5 Å². The Morgan fingerprint density at radius 2 is 1.24 bits per heavy atom. The second-order valence-corrected chi connectivity index (χ2v) is 14.1. The minimum atomic E-state index is -0.860. The number of aryl methyl sites for hydroxylation is 2. The average molecular weight is 862 g/mol. The summed E-state index contributed by atoms with van der Waals surface area (Å²) in [6.45, 7) is 3.73. The number of aromatic carboxylic acids is 1. The molecular formula is C36H25F2I2O3S2+. The zero-order valence-corrected chi connectivity index (χ0v) is 29.9. The highest BCUT2D eigenvalue weighted by atomic mass is 127. The van der Waals surface area contributed by atoms with Crippen molar-refractivity contribution < 1.29 is 23.5 Å². The fourth-order valence-corrected chi connectivity index (χ4v) is 6.64. The van der Waals surface area contributed by atoms with E-state index in [1.54, 1.807) is 37.3 Å². The molecule has 1 aliphatic heterocycles. The van der Waals surface area contributed by atoms with Gasteiger partial charge in [0.25, 0.3) is 0 Å². The molecule has 9 heteroatoms. The number of carboxylic acid groups (broad SMARTS) is 1. The van der Waals surface area contributed by atoms with E-state index in [2.05, 4.69) is 50.6 Å². The van der Waals surface area contributed by atoms with E-state index < -0.39 is 5.97 Å². The van der Waals surface area contributed by atoms with Crippen LogP contribution in [0.1, 0.15) is 42.3 Å². The van der Waals surface area contributed by atoms with Gasteiger partial charge in [-0.3, -0.25) is 4.79 Å². The van der Waals surface area contributed by atoms with Crippen LogP contribution in [0.2, 0.25) is 0 Å². The van der Waals surface area contributed by atoms with Gasteiger partial charge in [0.15, 0.2) is 6.08 Å². The van der Waals surface area contributed by atoms with Crippen LogP contribution < -0.4 is 0 Å². The number of carbonyl (C=O) groups is 2. The third-order valence-electron chi connectivity index (χ3n) is 6.43. The summed E-state index contributed by atoms with van der Waals surface area (Å²) in [5, 5.41) is 11.7. The van der Waals surface area contributed by atoms with Gasteiger partial charge in [-0.25, -0.2) is 13.6 Å². The zero-order chi connectivity index (χ0) is 32.5. The summed E-state index contributed by atoms with van der Waals surface area (Å²) >= 11 is 7.27. The smallest absolute Gasteiger partial charge is 0.335 e. The van der Waals surface area contributed by atoms with Crippen molar-refractivity contribution in [1.29, 1.82) is 0 Å². The molecule has 0 amide bonds. The number of ketones is 1. The number of benzene rings is 4. The van der Waals surface area contributed by atoms with Crippen LogP contribution in [0.25, 0.3) is 15.3 Å². The number of hydrogen-bond donors (Lipinski definition) is 1. The molecule has 0 aliphatic carbocycles. The number of thiophene rings is 1. The van der Waals surface area contributed by atoms with Crippen molar-refractivity contribution in [2.24, 2.45) is 0 Å². The molecule has 45 heavy (non-hydrogen) atoms. The van der Waals surface area contributed by atoms with E-state index in [4.69, 9.17) is 5.11 Å². The second kappa shape index (κ2) is 16.4. The molecule has 0 saturated heterocycles. The fraction of sp³-hybridized carbons (Fsp3) is 0.0556. The van der Waals surface area contributed by atoms with Crippen LogP contribution in [0.15, 0.2) is 109 Å². The van der Waals surface area contributed by atoms with Gasteiger partial charge in [0, 0.05) is 23.1 Å². The summed E-state index contributed by atoms with van der Waals surface area (Å²) in [6, 6.07) is 27.8. The number of rotatable bonds is 5. The molecule has 5 aromatic rings. The van der Waals surface area contributed by atoms with E-state index >= 15 is 0 Å². The van der Waals surface area contributed by atoms with Crippen molar-refractivity contribution in [3.63, 3.8) is 0 Å². The first-order chi connectivity index (χ1) is 21.5. The van der Waals surface area contributed by atoms with E-state index in [9.17, 15) is 18.4 Å². The first-order valence-electron chi connectivity index (χ1n) is 13.4. The van der Waals surface area contributed by atoms with Crippen LogP contribution in [0, 0.1) is 38.0 Å². The van der Waals surface area contributed by atoms with Crippen molar-refractivity contribution in [3.05, 3.63) is 166 Å². The van der Waals surface area contributed by atoms with Gasteiger partial charge in [-0.2, -0.15) is 0 Å². The van der Waals surface area contributed by atoms with E-state index in [1.165, 1.54) is 47.4 Å². The highest BCUT2D eigenvalue weighted by molar-refractivity contribution is 14.1. The van der Waals surface area contributed by atoms with Crippen molar-refractivity contribution in [3.8, 4) is 10.4 Å². The van der Waals surface area contributed by atoms with Gasteiger partial charge in [-0.15, -0.1) is 11.3 Å². The van der Waals surface area contributed by atoms with Gasteiger partial charge in [0.2, 0.25) is 5.78 Å². The molecule has 0 spiro atoms. The maximum absolute atomic E-state index is 13.0. The maximum Gasteiger partial charge on any atom is 0.335 e. The zero-order valence-electron chi connectivity index (χ0n) is 24.0. The van der Waals surface area contributed by atoms with Crippen LogP contribution in [0.3, 0.4) is 0 Å². The Labute approximate surface area is 296 Å². The standard InChI is InChI=1S/C18H12FIOS.C10H6FS.C8H7IO2/c1-11-2-7-14(20)10-15(11)18(21)17-9-8-16(22-17)12-3-5-13(19)6-4-12;11-9-5-3-8(4-6-9)10-2-1-7-12-10;1-5-2-3-6(9)4-7(5)8(10)11/h2-10H,1H3;1-6H;2-4H,1H3,(H,10,11)/q;+1;. The number of allylic oxidation sites excluding steroid dienone is 2. The molecular weight excluding hydrogens is 836 g/mol. The first-order valence-corrected chi connectivity index (χ1v) is 17.2. The van der Waals surface area contributed by atoms with E-state index in [-0.39, 0.29) is 17.4 Å². The summed E-state index contributed by atoms with van der Waals surface area (Å²) < 4.78 is 27.5. The molecule has 1 aliphatic rings. The molecule has 4 aromatic carbocycles. The molecule has 0 bridgehead atoms. The number of carboxylic acids is 1. The Morgan fingerprint density at radius 3 is 1.76 bits per heavy atom. The quantitative estimate of drug-likeness (QED) is 0.109. The third-order valence-corrected chi connectivity index (χ3v) is 9.75. The lowest BCUT2D eigenvalue weighted by Gasteiger charge is -2.04. The normalized spacial score (nSPS) is 11.4. The highest BCUT2D eigenvalue weighted by Gasteiger charge is 2.16. The minimum absolute atomic E-state index is 0.0365. The monoisotopic (exact) mass is 861 g/mol. The molecule has 3 nitrogen and oxygen atoms in total. The molecule has 1 aromatic heterocycles. The van der Waals surface area contributed by atoms with E-state index in [0.717, 1.165) is 44.7 Å². The van der Waals surface area contributed by atoms with Gasteiger partial charge in [0.05, 0.1) is 28.3 Å². The Hall–Kier alpha value is -3.22. The van der Waals surface area contributed by atoms with Gasteiger partial charge < -0.3 is 5.11 Å². The Bertz CT molecular complexity index is 1880.